The van der Waals surface area contributed by atoms with Gasteiger partial charge < -0.3 is 31.8 Å². The number of amides is 3. The number of nitrogens with zero attached hydrogens (tertiary/aromatic N) is 1. The van der Waals surface area contributed by atoms with E-state index in [1.165, 1.54) is 12.5 Å². The molecule has 0 aliphatic carbocycles. The minimum absolute atomic E-state index is 0.0752. The van der Waals surface area contributed by atoms with E-state index in [-0.39, 0.29) is 25.3 Å². The van der Waals surface area contributed by atoms with Crippen LogP contribution in [-0.2, 0) is 25.6 Å². The van der Waals surface area contributed by atoms with Crippen LogP contribution in [0.25, 0.3) is 0 Å². The molecule has 11 heteroatoms. The number of carboxylic acids is 1. The van der Waals surface area contributed by atoms with E-state index in [0.717, 1.165) is 0 Å². The highest BCUT2D eigenvalue weighted by atomic mass is 16.4. The van der Waals surface area contributed by atoms with E-state index in [1.54, 1.807) is 0 Å². The van der Waals surface area contributed by atoms with Crippen molar-refractivity contribution < 1.29 is 24.3 Å². The molecular formula is C16H26N6O5. The molecule has 2 atom stereocenters. The number of nitrogens with two attached hydrogens (primary N) is 1. The van der Waals surface area contributed by atoms with Crippen LogP contribution in [0.1, 0.15) is 26.0 Å². The molecule has 11 nitrogen and oxygen atoms in total. The van der Waals surface area contributed by atoms with Crippen molar-refractivity contribution >= 4 is 23.7 Å². The van der Waals surface area contributed by atoms with Gasteiger partial charge in [0.2, 0.25) is 17.7 Å². The zero-order valence-corrected chi connectivity index (χ0v) is 15.3. The SMILES string of the molecule is CC(C)CC(NC(=O)CNC(=O)C(Cc1cnc[nH]1)NC(=O)CN)C(=O)O. The Labute approximate surface area is 156 Å². The fourth-order valence-electron chi connectivity index (χ4n) is 2.31. The highest BCUT2D eigenvalue weighted by Gasteiger charge is 2.24. The van der Waals surface area contributed by atoms with Crippen molar-refractivity contribution in [3.63, 3.8) is 0 Å². The van der Waals surface area contributed by atoms with Gasteiger partial charge >= 0.3 is 5.97 Å². The number of rotatable bonds is 11. The number of hydrogen-bond acceptors (Lipinski definition) is 6. The molecule has 1 rings (SSSR count). The molecule has 1 aromatic rings. The number of aromatic amines is 1. The highest BCUT2D eigenvalue weighted by molar-refractivity contribution is 5.92. The summed E-state index contributed by atoms with van der Waals surface area (Å²) in [6.45, 7) is 2.97. The fourth-order valence-corrected chi connectivity index (χ4v) is 2.31. The molecule has 0 aromatic carbocycles. The third kappa shape index (κ3) is 8.31. The number of hydrogen-bond donors (Lipinski definition) is 6. The van der Waals surface area contributed by atoms with Crippen LogP contribution < -0.4 is 21.7 Å². The molecule has 2 unspecified atom stereocenters. The van der Waals surface area contributed by atoms with Crippen LogP contribution >= 0.6 is 0 Å². The third-order valence-electron chi connectivity index (χ3n) is 3.58. The minimum Gasteiger partial charge on any atom is -0.480 e. The normalized spacial score (nSPS) is 12.9. The van der Waals surface area contributed by atoms with Crippen LogP contribution in [-0.4, -0.2) is 63.9 Å². The van der Waals surface area contributed by atoms with E-state index >= 15 is 0 Å². The molecule has 0 aliphatic heterocycles. The van der Waals surface area contributed by atoms with Gasteiger partial charge in [-0.15, -0.1) is 0 Å². The van der Waals surface area contributed by atoms with Crippen LogP contribution in [0.5, 0.6) is 0 Å². The lowest BCUT2D eigenvalue weighted by Gasteiger charge is -2.19. The number of H-pyrrole nitrogens is 1. The molecule has 1 aromatic heterocycles. The number of nitrogens with one attached hydrogen (secondary N) is 4. The first-order chi connectivity index (χ1) is 12.7. The molecule has 7 N–H and O–H groups in total. The molecule has 3 amide bonds. The Balaban J connectivity index is 2.61. The summed E-state index contributed by atoms with van der Waals surface area (Å²) in [5.41, 5.74) is 5.87. The molecule has 0 saturated heterocycles. The van der Waals surface area contributed by atoms with Crippen molar-refractivity contribution in [2.24, 2.45) is 11.7 Å². The molecule has 0 saturated carbocycles. The molecule has 0 spiro atoms. The molecule has 0 fully saturated rings. The summed E-state index contributed by atoms with van der Waals surface area (Å²) in [5, 5.41) is 16.4. The number of carbonyl (C=O) groups is 4. The highest BCUT2D eigenvalue weighted by Crippen LogP contribution is 2.04. The maximum absolute atomic E-state index is 12.3. The number of carboxylic acid groups (broad SMARTS) is 1. The maximum atomic E-state index is 12.3. The van der Waals surface area contributed by atoms with Gasteiger partial charge in [0, 0.05) is 18.3 Å². The Hall–Kier alpha value is -2.95. The second-order valence-electron chi connectivity index (χ2n) is 6.41. The van der Waals surface area contributed by atoms with Crippen molar-refractivity contribution in [2.45, 2.75) is 38.8 Å². The number of aromatic nitrogens is 2. The van der Waals surface area contributed by atoms with Crippen molar-refractivity contribution in [3.8, 4) is 0 Å². The molecule has 1 heterocycles. The molecule has 150 valence electrons. The largest absolute Gasteiger partial charge is 0.480 e. The van der Waals surface area contributed by atoms with E-state index in [9.17, 15) is 19.2 Å². The van der Waals surface area contributed by atoms with Gasteiger partial charge in [-0.1, -0.05) is 13.8 Å². The Morgan fingerprint density at radius 1 is 1.19 bits per heavy atom. The summed E-state index contributed by atoms with van der Waals surface area (Å²) in [4.78, 5) is 53.6. The van der Waals surface area contributed by atoms with Crippen molar-refractivity contribution in [1.82, 2.24) is 25.9 Å². The first kappa shape index (κ1) is 22.1. The second kappa shape index (κ2) is 10.9. The first-order valence-electron chi connectivity index (χ1n) is 8.49. The van der Waals surface area contributed by atoms with Gasteiger partial charge in [0.15, 0.2) is 0 Å². The summed E-state index contributed by atoms with van der Waals surface area (Å²) in [5.74, 6) is -2.83. The smallest absolute Gasteiger partial charge is 0.326 e. The zero-order chi connectivity index (χ0) is 20.4. The zero-order valence-electron chi connectivity index (χ0n) is 15.3. The molecule has 0 bridgehead atoms. The number of carbonyl (C=O) groups excluding carboxylic acids is 3. The number of imidazole rings is 1. The van der Waals surface area contributed by atoms with Gasteiger partial charge in [-0.05, 0) is 12.3 Å². The monoisotopic (exact) mass is 382 g/mol. The summed E-state index contributed by atoms with van der Waals surface area (Å²) in [6.07, 6.45) is 3.34. The lowest BCUT2D eigenvalue weighted by molar-refractivity contribution is -0.142. The molecule has 27 heavy (non-hydrogen) atoms. The molecular weight excluding hydrogens is 356 g/mol. The van der Waals surface area contributed by atoms with E-state index in [4.69, 9.17) is 10.8 Å². The summed E-state index contributed by atoms with van der Waals surface area (Å²) >= 11 is 0. The van der Waals surface area contributed by atoms with E-state index in [0.29, 0.717) is 5.69 Å². The second-order valence-corrected chi connectivity index (χ2v) is 6.41. The first-order valence-corrected chi connectivity index (χ1v) is 8.49. The maximum Gasteiger partial charge on any atom is 0.326 e. The average molecular weight is 382 g/mol. The van der Waals surface area contributed by atoms with Gasteiger partial charge in [0.1, 0.15) is 12.1 Å². The summed E-state index contributed by atoms with van der Waals surface area (Å²) in [7, 11) is 0. The van der Waals surface area contributed by atoms with E-state index in [2.05, 4.69) is 25.9 Å². The van der Waals surface area contributed by atoms with Crippen molar-refractivity contribution in [2.75, 3.05) is 13.1 Å². The average Bonchev–Trinajstić information content (AvgIpc) is 3.10. The Morgan fingerprint density at radius 3 is 2.37 bits per heavy atom. The topological polar surface area (TPSA) is 179 Å². The lowest BCUT2D eigenvalue weighted by atomic mass is 10.0. The standard InChI is InChI=1S/C16H26N6O5/c1-9(2)3-12(16(26)27)22-14(24)7-19-15(25)11(21-13(23)5-17)4-10-6-18-8-20-10/h6,8-9,11-12H,3-5,7,17H2,1-2H3,(H,18,20)(H,19,25)(H,21,23)(H,22,24)(H,26,27). The molecule has 0 radical (unpaired) electrons. The summed E-state index contributed by atoms with van der Waals surface area (Å²) in [6, 6.07) is -1.99. The van der Waals surface area contributed by atoms with Crippen LogP contribution in [0.4, 0.5) is 0 Å². The summed E-state index contributed by atoms with van der Waals surface area (Å²) < 4.78 is 0. The van der Waals surface area contributed by atoms with E-state index in [1.807, 2.05) is 13.8 Å². The number of aliphatic carboxylic acids is 1. The van der Waals surface area contributed by atoms with Crippen LogP contribution in [0, 0.1) is 5.92 Å². The predicted octanol–water partition coefficient (Wildman–Crippen LogP) is -1.87. The Morgan fingerprint density at radius 2 is 1.85 bits per heavy atom. The van der Waals surface area contributed by atoms with Gasteiger partial charge in [0.25, 0.3) is 0 Å². The van der Waals surface area contributed by atoms with Gasteiger partial charge in [-0.3, -0.25) is 14.4 Å². The Bertz CT molecular complexity index is 646. The van der Waals surface area contributed by atoms with E-state index < -0.39 is 42.3 Å². The van der Waals surface area contributed by atoms with Crippen molar-refractivity contribution in [3.05, 3.63) is 18.2 Å². The fraction of sp³-hybridized carbons (Fsp3) is 0.562. The third-order valence-corrected chi connectivity index (χ3v) is 3.58. The van der Waals surface area contributed by atoms with Gasteiger partial charge in [0.05, 0.1) is 19.4 Å². The van der Waals surface area contributed by atoms with Crippen LogP contribution in [0.15, 0.2) is 12.5 Å². The lowest BCUT2D eigenvalue weighted by Crippen LogP contribution is -2.52. The molecule has 0 aliphatic rings. The van der Waals surface area contributed by atoms with Gasteiger partial charge in [-0.2, -0.15) is 0 Å². The van der Waals surface area contributed by atoms with Crippen LogP contribution in [0.2, 0.25) is 0 Å². The van der Waals surface area contributed by atoms with Crippen LogP contribution in [0.3, 0.4) is 0 Å². The quantitative estimate of drug-likeness (QED) is 0.259. The minimum atomic E-state index is -1.14. The Kier molecular flexibility index (Phi) is 8.93. The predicted molar refractivity (Wildman–Crippen MR) is 95.3 cm³/mol. The van der Waals surface area contributed by atoms with Crippen molar-refractivity contribution in [1.29, 1.82) is 0 Å². The van der Waals surface area contributed by atoms with Gasteiger partial charge in [-0.25, -0.2) is 9.78 Å².